The first kappa shape index (κ1) is 17.4. The van der Waals surface area contributed by atoms with Crippen molar-refractivity contribution in [2.75, 3.05) is 20.2 Å². The first-order valence-corrected chi connectivity index (χ1v) is 9.89. The van der Waals surface area contributed by atoms with E-state index in [-0.39, 0.29) is 29.6 Å². The minimum atomic E-state index is -0.158. The number of hydrogen-bond acceptors (Lipinski definition) is 3. The first-order valence-electron chi connectivity index (χ1n) is 9.89. The van der Waals surface area contributed by atoms with Gasteiger partial charge in [0.15, 0.2) is 0 Å². The van der Waals surface area contributed by atoms with Crippen molar-refractivity contribution in [2.45, 2.75) is 50.5 Å². The molecule has 1 heterocycles. The maximum atomic E-state index is 12.9. The van der Waals surface area contributed by atoms with Crippen LogP contribution < -0.4 is 10.1 Å². The molecule has 1 aliphatic heterocycles. The Morgan fingerprint density at radius 3 is 2.35 bits per heavy atom. The van der Waals surface area contributed by atoms with Gasteiger partial charge in [-0.15, -0.1) is 0 Å². The fourth-order valence-corrected chi connectivity index (χ4v) is 4.41. The third-order valence-electron chi connectivity index (χ3n) is 6.14. The number of amides is 2. The Bertz CT molecular complexity index is 662. The number of rotatable bonds is 5. The predicted octanol–water partition coefficient (Wildman–Crippen LogP) is 2.71. The average molecular weight is 356 g/mol. The van der Waals surface area contributed by atoms with Gasteiger partial charge >= 0.3 is 0 Å². The summed E-state index contributed by atoms with van der Waals surface area (Å²) in [4.78, 5) is 27.7. The average Bonchev–Trinajstić information content (AvgIpc) is 3.16. The molecular formula is C21H28N2O3. The van der Waals surface area contributed by atoms with Crippen LogP contribution in [-0.2, 0) is 9.59 Å². The summed E-state index contributed by atoms with van der Waals surface area (Å²) < 4.78 is 5.25. The van der Waals surface area contributed by atoms with Crippen LogP contribution in [0.15, 0.2) is 24.3 Å². The summed E-state index contributed by atoms with van der Waals surface area (Å²) in [6.45, 7) is 1.19. The van der Waals surface area contributed by atoms with Gasteiger partial charge < -0.3 is 15.0 Å². The van der Waals surface area contributed by atoms with Crippen LogP contribution in [0, 0.1) is 11.8 Å². The highest BCUT2D eigenvalue weighted by Gasteiger charge is 2.43. The van der Waals surface area contributed by atoms with Gasteiger partial charge in [-0.25, -0.2) is 0 Å². The second-order valence-electron chi connectivity index (χ2n) is 7.99. The molecule has 5 nitrogen and oxygen atoms in total. The number of ether oxygens (including phenoxy) is 1. The van der Waals surface area contributed by atoms with E-state index in [1.807, 2.05) is 29.2 Å². The zero-order valence-electron chi connectivity index (χ0n) is 15.4. The topological polar surface area (TPSA) is 58.6 Å². The molecule has 1 aromatic carbocycles. The molecule has 3 fully saturated rings. The van der Waals surface area contributed by atoms with Gasteiger partial charge in [-0.05, 0) is 43.4 Å². The van der Waals surface area contributed by atoms with Crippen LogP contribution in [0.25, 0.3) is 0 Å². The van der Waals surface area contributed by atoms with E-state index in [0.29, 0.717) is 19.1 Å². The number of methoxy groups -OCH3 is 1. The highest BCUT2D eigenvalue weighted by molar-refractivity contribution is 5.84. The monoisotopic (exact) mass is 356 g/mol. The van der Waals surface area contributed by atoms with E-state index < -0.39 is 0 Å². The molecule has 0 bridgehead atoms. The number of nitrogens with zero attached hydrogens (tertiary/aromatic N) is 1. The van der Waals surface area contributed by atoms with Crippen molar-refractivity contribution in [3.8, 4) is 5.75 Å². The van der Waals surface area contributed by atoms with Crippen molar-refractivity contribution in [1.82, 2.24) is 10.2 Å². The Morgan fingerprint density at radius 2 is 1.73 bits per heavy atom. The number of likely N-dealkylation sites (tertiary alicyclic amines) is 1. The van der Waals surface area contributed by atoms with Gasteiger partial charge in [0.25, 0.3) is 0 Å². The molecule has 0 aromatic heterocycles. The Balaban J connectivity index is 1.53. The lowest BCUT2D eigenvalue weighted by molar-refractivity contribution is -0.134. The van der Waals surface area contributed by atoms with Gasteiger partial charge in [-0.3, -0.25) is 9.59 Å². The molecule has 1 saturated heterocycles. The number of carbonyl (C=O) groups excluding carboxylic acids is 2. The summed E-state index contributed by atoms with van der Waals surface area (Å²) in [6.07, 6.45) is 6.46. The minimum Gasteiger partial charge on any atom is -0.497 e. The SMILES string of the molecule is COc1ccc(C2CN(C(=O)C3CCCC3)CC2C(=O)NC2CC2)cc1. The molecule has 0 spiro atoms. The molecule has 2 saturated carbocycles. The third-order valence-corrected chi connectivity index (χ3v) is 6.14. The van der Waals surface area contributed by atoms with Crippen LogP contribution in [0.5, 0.6) is 5.75 Å². The standard InChI is InChI=1S/C21H28N2O3/c1-26-17-10-6-14(7-11-17)18-12-23(21(25)15-4-2-3-5-15)13-19(18)20(24)22-16-8-9-16/h6-7,10-11,15-16,18-19H,2-5,8-9,12-13H2,1H3,(H,22,24). The predicted molar refractivity (Wildman–Crippen MR) is 98.9 cm³/mol. The summed E-state index contributed by atoms with van der Waals surface area (Å²) in [5.74, 6) is 1.23. The van der Waals surface area contributed by atoms with Crippen molar-refractivity contribution < 1.29 is 14.3 Å². The Kier molecular flexibility index (Phi) is 4.88. The van der Waals surface area contributed by atoms with Gasteiger partial charge in [0.2, 0.25) is 11.8 Å². The Labute approximate surface area is 155 Å². The summed E-state index contributed by atoms with van der Waals surface area (Å²) >= 11 is 0. The van der Waals surface area contributed by atoms with Gasteiger partial charge in [0, 0.05) is 31.0 Å². The summed E-state index contributed by atoms with van der Waals surface area (Å²) in [5.41, 5.74) is 1.11. The second kappa shape index (κ2) is 7.29. The van der Waals surface area contributed by atoms with Crippen LogP contribution >= 0.6 is 0 Å². The van der Waals surface area contributed by atoms with Crippen LogP contribution in [0.3, 0.4) is 0 Å². The van der Waals surface area contributed by atoms with Crippen LogP contribution in [0.4, 0.5) is 0 Å². The zero-order valence-corrected chi connectivity index (χ0v) is 15.4. The second-order valence-corrected chi connectivity index (χ2v) is 7.99. The van der Waals surface area contributed by atoms with Gasteiger partial charge in [-0.1, -0.05) is 25.0 Å². The molecule has 1 aromatic rings. The van der Waals surface area contributed by atoms with E-state index in [0.717, 1.165) is 49.8 Å². The van der Waals surface area contributed by atoms with Crippen LogP contribution in [0.1, 0.15) is 50.0 Å². The normalized spacial score (nSPS) is 26.1. The summed E-state index contributed by atoms with van der Waals surface area (Å²) in [6, 6.07) is 8.28. The number of benzene rings is 1. The Morgan fingerprint density at radius 1 is 1.04 bits per heavy atom. The van der Waals surface area contributed by atoms with E-state index >= 15 is 0 Å². The van der Waals surface area contributed by atoms with Crippen LogP contribution in [0.2, 0.25) is 0 Å². The molecule has 2 aliphatic carbocycles. The van der Waals surface area contributed by atoms with E-state index in [4.69, 9.17) is 4.74 Å². The molecular weight excluding hydrogens is 328 g/mol. The third kappa shape index (κ3) is 3.57. The van der Waals surface area contributed by atoms with Gasteiger partial charge in [0.05, 0.1) is 13.0 Å². The van der Waals surface area contributed by atoms with E-state index in [9.17, 15) is 9.59 Å². The molecule has 1 N–H and O–H groups in total. The molecule has 2 atom stereocenters. The Hall–Kier alpha value is -2.04. The number of nitrogens with one attached hydrogen (secondary N) is 1. The molecule has 140 valence electrons. The van der Waals surface area contributed by atoms with Crippen molar-refractivity contribution in [3.05, 3.63) is 29.8 Å². The quantitative estimate of drug-likeness (QED) is 0.882. The molecule has 26 heavy (non-hydrogen) atoms. The molecule has 2 amide bonds. The fourth-order valence-electron chi connectivity index (χ4n) is 4.41. The first-order chi connectivity index (χ1) is 12.7. The number of hydrogen-bond donors (Lipinski definition) is 1. The van der Waals surface area contributed by atoms with Crippen molar-refractivity contribution in [3.63, 3.8) is 0 Å². The zero-order chi connectivity index (χ0) is 18.1. The van der Waals surface area contributed by atoms with E-state index in [2.05, 4.69) is 5.32 Å². The summed E-state index contributed by atoms with van der Waals surface area (Å²) in [7, 11) is 1.65. The lowest BCUT2D eigenvalue weighted by atomic mass is 9.88. The maximum Gasteiger partial charge on any atom is 0.225 e. The van der Waals surface area contributed by atoms with E-state index in [1.54, 1.807) is 7.11 Å². The smallest absolute Gasteiger partial charge is 0.225 e. The molecule has 0 radical (unpaired) electrons. The van der Waals surface area contributed by atoms with Crippen molar-refractivity contribution >= 4 is 11.8 Å². The lowest BCUT2D eigenvalue weighted by Crippen LogP contribution is -2.37. The molecule has 4 rings (SSSR count). The molecule has 3 aliphatic rings. The fraction of sp³-hybridized carbons (Fsp3) is 0.619. The molecule has 5 heteroatoms. The minimum absolute atomic E-state index is 0.0602. The van der Waals surface area contributed by atoms with E-state index in [1.165, 1.54) is 0 Å². The maximum absolute atomic E-state index is 12.9. The van der Waals surface area contributed by atoms with Crippen LogP contribution in [-0.4, -0.2) is 43.0 Å². The number of carbonyl (C=O) groups is 2. The van der Waals surface area contributed by atoms with Crippen molar-refractivity contribution in [1.29, 1.82) is 0 Å². The molecule has 2 unspecified atom stereocenters. The van der Waals surface area contributed by atoms with Gasteiger partial charge in [0.1, 0.15) is 5.75 Å². The summed E-state index contributed by atoms with van der Waals surface area (Å²) in [5, 5.41) is 3.15. The highest BCUT2D eigenvalue weighted by atomic mass is 16.5. The lowest BCUT2D eigenvalue weighted by Gasteiger charge is -2.20. The largest absolute Gasteiger partial charge is 0.497 e. The van der Waals surface area contributed by atoms with Gasteiger partial charge in [-0.2, -0.15) is 0 Å². The highest BCUT2D eigenvalue weighted by Crippen LogP contribution is 2.37. The van der Waals surface area contributed by atoms with Crippen molar-refractivity contribution in [2.24, 2.45) is 11.8 Å².